The minimum absolute atomic E-state index is 0.0428. The Hall–Kier alpha value is -2.15. The summed E-state index contributed by atoms with van der Waals surface area (Å²) >= 11 is 0. The Balaban J connectivity index is 1.31. The highest BCUT2D eigenvalue weighted by Gasteiger charge is 3.00. The van der Waals surface area contributed by atoms with Gasteiger partial charge in [-0.25, -0.2) is 4.79 Å². The molecule has 1 unspecified atom stereocenters. The standard InChI is InChI=1S/C31H37NO5/c1-5-6-7-8-22(33)36-20-12-11-19-15-21-30-14-13-29(35-4)25(27(2,3)34)31(30,32(21)16-18-9-10-18)17-28(30)23(19)24(20)37-26(28)29/h5-8,11-12,18,21,25-26,34H,9-10,13-17H2,1-4H3/b6-5+,8-7+/t21-,25-,26-,28+,29+,30+,31?/m1/s1. The number of allylic oxidation sites excluding steroid dienone is 3. The number of benzene rings is 1. The lowest BCUT2D eigenvalue weighted by Crippen LogP contribution is -3.06. The molecular weight excluding hydrogens is 466 g/mol. The average Bonchev–Trinajstić information content (AvgIpc) is 3.59. The van der Waals surface area contributed by atoms with E-state index in [1.165, 1.54) is 30.0 Å². The van der Waals surface area contributed by atoms with Crippen LogP contribution in [0, 0.1) is 17.3 Å². The van der Waals surface area contributed by atoms with Crippen LogP contribution in [0.2, 0.25) is 0 Å². The number of likely N-dealkylation sites (tertiary alicyclic amines) is 1. The number of fused-ring (bicyclic) bond motifs is 1. The largest absolute Gasteiger partial charge is 0.482 e. The van der Waals surface area contributed by atoms with Gasteiger partial charge in [-0.05, 0) is 76.8 Å². The fourth-order valence-electron chi connectivity index (χ4n) is 11.0. The molecule has 196 valence electrons. The van der Waals surface area contributed by atoms with E-state index in [0.717, 1.165) is 43.9 Å². The monoisotopic (exact) mass is 503 g/mol. The second-order valence-corrected chi connectivity index (χ2v) is 13.3. The molecule has 6 fully saturated rings. The summed E-state index contributed by atoms with van der Waals surface area (Å²) < 4.78 is 19.4. The van der Waals surface area contributed by atoms with Crippen molar-refractivity contribution in [2.24, 2.45) is 17.3 Å². The number of carbonyl (C=O) groups is 1. The lowest BCUT2D eigenvalue weighted by molar-refractivity contribution is -0.470. The Morgan fingerprint density at radius 1 is 1.27 bits per heavy atom. The molecule has 6 nitrogen and oxygen atoms in total. The van der Waals surface area contributed by atoms with E-state index in [1.54, 1.807) is 6.08 Å². The molecule has 8 aliphatic rings. The maximum Gasteiger partial charge on any atom is 0.336 e. The van der Waals surface area contributed by atoms with Gasteiger partial charge in [0.1, 0.15) is 11.7 Å². The van der Waals surface area contributed by atoms with E-state index in [2.05, 4.69) is 11.0 Å². The lowest BCUT2D eigenvalue weighted by atomic mass is 9.16. The number of methoxy groups -OCH3 is 1. The van der Waals surface area contributed by atoms with Gasteiger partial charge in [-0.1, -0.05) is 24.3 Å². The summed E-state index contributed by atoms with van der Waals surface area (Å²) in [7, 11) is 1.81. The Labute approximate surface area is 218 Å². The molecule has 0 aromatic heterocycles. The van der Waals surface area contributed by atoms with Gasteiger partial charge < -0.3 is 19.3 Å². The number of nitrogens with zero attached hydrogens (tertiary/aromatic N) is 1. The minimum Gasteiger partial charge on any atom is -0.482 e. The van der Waals surface area contributed by atoms with Crippen molar-refractivity contribution in [2.45, 2.75) is 93.6 Å². The first-order valence-corrected chi connectivity index (χ1v) is 14.1. The SMILES string of the molecule is C/C=C/C=C/C(=O)Oc1ccc2c3c1O[C@H]1[C@]4(OC)CC[C@@]56[C@@H](C2)N(CC2CC2)C5(C[C@]316)[C@@H]4C(C)(C)O. The van der Waals surface area contributed by atoms with Crippen LogP contribution in [0.15, 0.2) is 36.4 Å². The summed E-state index contributed by atoms with van der Waals surface area (Å²) in [4.78, 5) is 15.5. The molecule has 7 atom stereocenters. The number of ether oxygens (including phenoxy) is 3. The molecule has 1 aromatic carbocycles. The highest BCUT2D eigenvalue weighted by molar-refractivity contribution is 5.85. The maximum absolute atomic E-state index is 12.6. The van der Waals surface area contributed by atoms with Crippen molar-refractivity contribution >= 4 is 5.97 Å². The van der Waals surface area contributed by atoms with E-state index in [1.807, 2.05) is 46.1 Å². The van der Waals surface area contributed by atoms with E-state index in [4.69, 9.17) is 14.2 Å². The first-order chi connectivity index (χ1) is 17.7. The molecule has 1 N–H and O–H groups in total. The van der Waals surface area contributed by atoms with Gasteiger partial charge in [-0.2, -0.15) is 0 Å². The third-order valence-electron chi connectivity index (χ3n) is 11.6. The zero-order valence-electron chi connectivity index (χ0n) is 22.3. The van der Waals surface area contributed by atoms with Gasteiger partial charge in [-0.3, -0.25) is 4.90 Å². The number of carbonyl (C=O) groups excluding carboxylic acids is 1. The van der Waals surface area contributed by atoms with Crippen LogP contribution in [-0.2, 0) is 21.4 Å². The molecule has 2 aliphatic heterocycles. The first kappa shape index (κ1) is 22.8. The fourth-order valence-corrected chi connectivity index (χ4v) is 11.0. The molecule has 5 saturated carbocycles. The molecule has 1 aromatic rings. The van der Waals surface area contributed by atoms with E-state index in [0.29, 0.717) is 11.8 Å². The highest BCUT2D eigenvalue weighted by Crippen LogP contribution is 2.92. The molecule has 0 radical (unpaired) electrons. The van der Waals surface area contributed by atoms with Crippen LogP contribution in [0.1, 0.15) is 64.0 Å². The third kappa shape index (κ3) is 2.20. The van der Waals surface area contributed by atoms with Crippen molar-refractivity contribution in [1.82, 2.24) is 4.90 Å². The topological polar surface area (TPSA) is 68.2 Å². The summed E-state index contributed by atoms with van der Waals surface area (Å²) in [5.41, 5.74) is 0.989. The van der Waals surface area contributed by atoms with Crippen LogP contribution in [0.5, 0.6) is 11.5 Å². The van der Waals surface area contributed by atoms with E-state index >= 15 is 0 Å². The maximum atomic E-state index is 12.6. The molecule has 0 amide bonds. The van der Waals surface area contributed by atoms with E-state index in [-0.39, 0.29) is 28.4 Å². The lowest BCUT2D eigenvalue weighted by Gasteiger charge is -2.96. The summed E-state index contributed by atoms with van der Waals surface area (Å²) in [6.07, 6.45) is 13.3. The van der Waals surface area contributed by atoms with Crippen LogP contribution >= 0.6 is 0 Å². The summed E-state index contributed by atoms with van der Waals surface area (Å²) in [5, 5.41) is 11.8. The number of rotatable bonds is 7. The van der Waals surface area contributed by atoms with Crippen molar-refractivity contribution in [2.75, 3.05) is 13.7 Å². The summed E-state index contributed by atoms with van der Waals surface area (Å²) in [5.74, 6) is 1.58. The number of esters is 1. The van der Waals surface area contributed by atoms with Gasteiger partial charge >= 0.3 is 5.97 Å². The minimum atomic E-state index is -0.909. The summed E-state index contributed by atoms with van der Waals surface area (Å²) in [6, 6.07) is 4.57. The first-order valence-electron chi connectivity index (χ1n) is 14.1. The van der Waals surface area contributed by atoms with E-state index < -0.39 is 17.2 Å². The number of hydrogen-bond donors (Lipinski definition) is 1. The van der Waals surface area contributed by atoms with Gasteiger partial charge in [0, 0.05) is 53.6 Å². The molecule has 6 aliphatic carbocycles. The molecule has 6 heteroatoms. The molecule has 3 spiro atoms. The van der Waals surface area contributed by atoms with Crippen LogP contribution in [0.3, 0.4) is 0 Å². The van der Waals surface area contributed by atoms with Crippen LogP contribution in [-0.4, -0.2) is 58.5 Å². The predicted octanol–water partition coefficient (Wildman–Crippen LogP) is 4.08. The third-order valence-corrected chi connectivity index (χ3v) is 11.6. The highest BCUT2D eigenvalue weighted by atomic mass is 16.6. The summed E-state index contributed by atoms with van der Waals surface area (Å²) in [6.45, 7) is 7.01. The van der Waals surface area contributed by atoms with E-state index in [9.17, 15) is 9.90 Å². The average molecular weight is 504 g/mol. The quantitative estimate of drug-likeness (QED) is 0.262. The van der Waals surface area contributed by atoms with Gasteiger partial charge in [0.25, 0.3) is 0 Å². The van der Waals surface area contributed by atoms with Gasteiger partial charge in [0.05, 0.1) is 5.60 Å². The Morgan fingerprint density at radius 3 is 2.78 bits per heavy atom. The Kier molecular flexibility index (Phi) is 4.13. The molecular formula is C31H37NO5. The molecule has 37 heavy (non-hydrogen) atoms. The number of hydrogen-bond acceptors (Lipinski definition) is 6. The van der Waals surface area contributed by atoms with Gasteiger partial charge in [0.15, 0.2) is 11.5 Å². The second kappa shape index (κ2) is 6.70. The Bertz CT molecular complexity index is 1290. The number of aliphatic hydroxyl groups is 1. The fraction of sp³-hybridized carbons (Fsp3) is 0.645. The molecule has 9 rings (SSSR count). The van der Waals surface area contributed by atoms with Crippen molar-refractivity contribution in [3.05, 3.63) is 47.6 Å². The van der Waals surface area contributed by atoms with Crippen LogP contribution < -0.4 is 9.47 Å². The zero-order valence-corrected chi connectivity index (χ0v) is 22.3. The predicted molar refractivity (Wildman–Crippen MR) is 138 cm³/mol. The normalized spacial score (nSPS) is 44.0. The van der Waals surface area contributed by atoms with Gasteiger partial charge in [-0.15, -0.1) is 0 Å². The molecule has 2 heterocycles. The van der Waals surface area contributed by atoms with Crippen molar-refractivity contribution in [1.29, 1.82) is 0 Å². The van der Waals surface area contributed by atoms with Crippen molar-refractivity contribution < 1.29 is 24.1 Å². The number of piperidine rings is 1. The molecule has 1 saturated heterocycles. The smallest absolute Gasteiger partial charge is 0.336 e. The Morgan fingerprint density at radius 2 is 2.08 bits per heavy atom. The zero-order chi connectivity index (χ0) is 25.6. The van der Waals surface area contributed by atoms with Gasteiger partial charge in [0.2, 0.25) is 0 Å². The van der Waals surface area contributed by atoms with Crippen LogP contribution in [0.25, 0.3) is 0 Å². The van der Waals surface area contributed by atoms with Crippen molar-refractivity contribution in [3.63, 3.8) is 0 Å². The van der Waals surface area contributed by atoms with Crippen molar-refractivity contribution in [3.8, 4) is 11.5 Å². The second-order valence-electron chi connectivity index (χ2n) is 13.3. The molecule has 4 bridgehead atoms. The van der Waals surface area contributed by atoms with Crippen LogP contribution in [0.4, 0.5) is 0 Å².